The predicted octanol–water partition coefficient (Wildman–Crippen LogP) is 4.11. The summed E-state index contributed by atoms with van der Waals surface area (Å²) in [5.74, 6) is 0. The molecule has 0 amide bonds. The van der Waals surface area contributed by atoms with Crippen molar-refractivity contribution >= 4 is 28.0 Å². The summed E-state index contributed by atoms with van der Waals surface area (Å²) in [7, 11) is 5.98. The van der Waals surface area contributed by atoms with Crippen LogP contribution in [0.1, 0.15) is 37.5 Å². The van der Waals surface area contributed by atoms with E-state index in [-0.39, 0.29) is 0 Å². The Labute approximate surface area is 103 Å². The van der Waals surface area contributed by atoms with E-state index in [0.29, 0.717) is 0 Å². The van der Waals surface area contributed by atoms with E-state index in [4.69, 9.17) is 8.91 Å². The monoisotopic (exact) mass is 340 g/mol. The molecule has 1 aromatic rings. The molecule has 86 valence electrons. The van der Waals surface area contributed by atoms with E-state index in [1.54, 1.807) is 0 Å². The van der Waals surface area contributed by atoms with Gasteiger partial charge in [0.2, 0.25) is 0 Å². The summed E-state index contributed by atoms with van der Waals surface area (Å²) in [6, 6.07) is 4.38. The minimum absolute atomic E-state index is 0.956. The van der Waals surface area contributed by atoms with Crippen LogP contribution in [0.4, 0.5) is 0 Å². The first kappa shape index (κ1) is 13.3. The molecule has 0 unspecified atom stereocenters. The first-order chi connectivity index (χ1) is 7.13. The third-order valence-electron chi connectivity index (χ3n) is 2.61. The molecule has 0 aliphatic heterocycles. The molecule has 0 spiro atoms. The van der Waals surface area contributed by atoms with Gasteiger partial charge in [-0.25, -0.2) is 0 Å². The molecule has 0 aliphatic rings. The number of benzene rings is 1. The fourth-order valence-electron chi connectivity index (χ4n) is 1.74. The Morgan fingerprint density at radius 1 is 1.07 bits per heavy atom. The van der Waals surface area contributed by atoms with Crippen molar-refractivity contribution in [2.24, 2.45) is 0 Å². The van der Waals surface area contributed by atoms with E-state index in [2.05, 4.69) is 32.9 Å². The number of aryl methyl sites for hydroxylation is 3. The molecule has 0 saturated heterocycles. The molecule has 0 saturated carbocycles. The molecule has 0 radical (unpaired) electrons. The van der Waals surface area contributed by atoms with Crippen LogP contribution in [0.5, 0.6) is 0 Å². The van der Waals surface area contributed by atoms with Gasteiger partial charge >= 0.3 is 104 Å². The Bertz CT molecular complexity index is 311. The maximum atomic E-state index is 9.73. The number of hydrogen-bond acceptors (Lipinski definition) is 1. The van der Waals surface area contributed by atoms with Gasteiger partial charge in [-0.3, -0.25) is 0 Å². The van der Waals surface area contributed by atoms with Crippen molar-refractivity contribution in [3.63, 3.8) is 0 Å². The zero-order valence-corrected chi connectivity index (χ0v) is 12.4. The molecule has 1 N–H and O–H groups in total. The fourth-order valence-corrected chi connectivity index (χ4v) is 5.19. The van der Waals surface area contributed by atoms with Crippen molar-refractivity contribution in [2.75, 3.05) is 0 Å². The van der Waals surface area contributed by atoms with Crippen LogP contribution in [0, 0.1) is 3.57 Å². The third kappa shape index (κ3) is 3.08. The quantitative estimate of drug-likeness (QED) is 0.818. The Kier molecular flexibility index (Phi) is 5.36. The van der Waals surface area contributed by atoms with Gasteiger partial charge in [-0.2, -0.15) is 0 Å². The Hall–Kier alpha value is 0.200. The molecule has 1 aromatic carbocycles. The first-order valence-electron chi connectivity index (χ1n) is 5.34. The molecule has 0 aliphatic carbocycles. The Balaban J connectivity index is 3.32. The van der Waals surface area contributed by atoms with Crippen LogP contribution in [-0.4, -0.2) is 3.44 Å². The van der Waals surface area contributed by atoms with Crippen LogP contribution >= 0.6 is 28.0 Å². The van der Waals surface area contributed by atoms with Crippen molar-refractivity contribution in [3.8, 4) is 0 Å². The SMILES string of the molecule is CCc1cc(CC)c(I(O)Cl)c(CC)c1. The zero-order valence-electron chi connectivity index (χ0n) is 9.48. The molecule has 1 rings (SSSR count). The molecule has 15 heavy (non-hydrogen) atoms. The van der Waals surface area contributed by atoms with Gasteiger partial charge in [-0.1, -0.05) is 0 Å². The number of halogens is 2. The van der Waals surface area contributed by atoms with Crippen LogP contribution in [0.25, 0.3) is 0 Å². The van der Waals surface area contributed by atoms with Gasteiger partial charge in [0, 0.05) is 0 Å². The van der Waals surface area contributed by atoms with E-state index in [1.165, 1.54) is 16.7 Å². The van der Waals surface area contributed by atoms with Crippen LogP contribution in [-0.2, 0) is 19.3 Å². The minimum atomic E-state index is -2.37. The van der Waals surface area contributed by atoms with Crippen LogP contribution in [0.15, 0.2) is 12.1 Å². The van der Waals surface area contributed by atoms with Crippen LogP contribution in [0.2, 0.25) is 0 Å². The second-order valence-electron chi connectivity index (χ2n) is 3.51. The summed E-state index contributed by atoms with van der Waals surface area (Å²) < 4.78 is 10.8. The van der Waals surface area contributed by atoms with Crippen molar-refractivity contribution in [2.45, 2.75) is 40.0 Å². The maximum absolute atomic E-state index is 9.73. The van der Waals surface area contributed by atoms with E-state index in [1.807, 2.05) is 0 Å². The third-order valence-corrected chi connectivity index (χ3v) is 5.84. The van der Waals surface area contributed by atoms with Gasteiger partial charge in [-0.05, 0) is 0 Å². The van der Waals surface area contributed by atoms with Gasteiger partial charge in [0.1, 0.15) is 0 Å². The molecular weight excluding hydrogens is 322 g/mol. The predicted molar refractivity (Wildman–Crippen MR) is 75.4 cm³/mol. The molecule has 3 heteroatoms. The first-order valence-corrected chi connectivity index (χ1v) is 10.1. The van der Waals surface area contributed by atoms with Gasteiger partial charge in [0.05, 0.1) is 0 Å². The van der Waals surface area contributed by atoms with E-state index in [0.717, 1.165) is 22.8 Å². The second-order valence-corrected chi connectivity index (χ2v) is 7.66. The summed E-state index contributed by atoms with van der Waals surface area (Å²) in [5, 5.41) is 0. The van der Waals surface area contributed by atoms with Crippen molar-refractivity contribution in [1.82, 2.24) is 0 Å². The standard InChI is InChI=1S/C12H18ClIO/c1-4-9-7-10(5-2)12(14(13)15)11(6-3)8-9/h7-8,15H,4-6H2,1-3H3. The van der Waals surface area contributed by atoms with Crippen molar-refractivity contribution in [1.29, 1.82) is 0 Å². The molecule has 0 fully saturated rings. The number of hydrogen-bond donors (Lipinski definition) is 1. The molecule has 0 atom stereocenters. The molecule has 0 aromatic heterocycles. The van der Waals surface area contributed by atoms with E-state index >= 15 is 0 Å². The van der Waals surface area contributed by atoms with E-state index < -0.39 is 19.1 Å². The summed E-state index contributed by atoms with van der Waals surface area (Å²) >= 11 is -2.37. The molecule has 1 nitrogen and oxygen atoms in total. The molecule has 0 bridgehead atoms. The van der Waals surface area contributed by atoms with E-state index in [9.17, 15) is 3.44 Å². The topological polar surface area (TPSA) is 20.2 Å². The van der Waals surface area contributed by atoms with Gasteiger partial charge < -0.3 is 0 Å². The Morgan fingerprint density at radius 3 is 1.80 bits per heavy atom. The molecule has 0 heterocycles. The van der Waals surface area contributed by atoms with Gasteiger partial charge in [0.25, 0.3) is 0 Å². The molecular formula is C12H18ClIO. The van der Waals surface area contributed by atoms with Crippen molar-refractivity contribution < 1.29 is 3.44 Å². The summed E-state index contributed by atoms with van der Waals surface area (Å²) in [4.78, 5) is 0. The van der Waals surface area contributed by atoms with Crippen LogP contribution in [0.3, 0.4) is 0 Å². The summed E-state index contributed by atoms with van der Waals surface area (Å²) in [6.07, 6.45) is 2.96. The van der Waals surface area contributed by atoms with Gasteiger partial charge in [0.15, 0.2) is 0 Å². The Morgan fingerprint density at radius 2 is 1.53 bits per heavy atom. The van der Waals surface area contributed by atoms with Crippen LogP contribution < -0.4 is 0 Å². The van der Waals surface area contributed by atoms with Crippen molar-refractivity contribution in [3.05, 3.63) is 32.4 Å². The van der Waals surface area contributed by atoms with Gasteiger partial charge in [-0.15, -0.1) is 0 Å². The summed E-state index contributed by atoms with van der Waals surface area (Å²) in [5.41, 5.74) is 3.84. The number of rotatable bonds is 4. The average molecular weight is 341 g/mol. The fraction of sp³-hybridized carbons (Fsp3) is 0.500. The average Bonchev–Trinajstić information content (AvgIpc) is 2.26. The second kappa shape index (κ2) is 6.06. The zero-order chi connectivity index (χ0) is 11.4. The normalized spacial score (nSPS) is 11.7. The summed E-state index contributed by atoms with van der Waals surface area (Å²) in [6.45, 7) is 6.40.